The van der Waals surface area contributed by atoms with E-state index >= 15 is 0 Å². The fraction of sp³-hybridized carbons (Fsp3) is 0.941. The largest absolute Gasteiger partial charge is 0.461 e. The summed E-state index contributed by atoms with van der Waals surface area (Å²) in [5.41, 5.74) is 5.80. The number of rotatable bonds is 8. The Kier molecular flexibility index (Phi) is 7.23. The van der Waals surface area contributed by atoms with Gasteiger partial charge in [0.1, 0.15) is 6.10 Å². The summed E-state index contributed by atoms with van der Waals surface area (Å²) in [6.45, 7) is 16.9. The minimum atomic E-state index is -0.125. The van der Waals surface area contributed by atoms with Crippen LogP contribution in [0.3, 0.4) is 0 Å². The molecular weight excluding hydrogens is 250 g/mol. The maximum Gasteiger partial charge on any atom is 0.306 e. The fourth-order valence-electron chi connectivity index (χ4n) is 3.01. The third-order valence-electron chi connectivity index (χ3n) is 4.00. The van der Waals surface area contributed by atoms with Gasteiger partial charge in [0.2, 0.25) is 0 Å². The van der Waals surface area contributed by atoms with Crippen LogP contribution >= 0.6 is 0 Å². The van der Waals surface area contributed by atoms with Crippen LogP contribution in [0.25, 0.3) is 0 Å². The standard InChI is InChI=1S/C17H35NO2/c1-9-16(5,6)15(17(7,8)11-13(4)18)20-14(19)10-12(2)3/h12-13,15H,9-11,18H2,1-8H3. The third kappa shape index (κ3) is 6.25. The first-order chi connectivity index (χ1) is 8.92. The van der Waals surface area contributed by atoms with Crippen molar-refractivity contribution in [1.82, 2.24) is 0 Å². The van der Waals surface area contributed by atoms with Crippen molar-refractivity contribution in [1.29, 1.82) is 0 Å². The maximum atomic E-state index is 12.1. The van der Waals surface area contributed by atoms with Crippen LogP contribution in [0, 0.1) is 16.7 Å². The molecule has 0 saturated heterocycles. The number of esters is 1. The number of carbonyl (C=O) groups is 1. The molecule has 2 unspecified atom stereocenters. The van der Waals surface area contributed by atoms with Crippen LogP contribution in [0.15, 0.2) is 0 Å². The summed E-state index contributed by atoms with van der Waals surface area (Å²) in [6, 6.07) is 0.101. The monoisotopic (exact) mass is 285 g/mol. The molecule has 0 aromatic heterocycles. The highest BCUT2D eigenvalue weighted by molar-refractivity contribution is 5.69. The van der Waals surface area contributed by atoms with Crippen molar-refractivity contribution in [3.05, 3.63) is 0 Å². The molecule has 0 amide bonds. The number of hydrogen-bond acceptors (Lipinski definition) is 3. The van der Waals surface area contributed by atoms with Gasteiger partial charge in [0.25, 0.3) is 0 Å². The van der Waals surface area contributed by atoms with E-state index in [1.807, 2.05) is 20.8 Å². The molecule has 0 aliphatic rings. The summed E-state index contributed by atoms with van der Waals surface area (Å²) in [7, 11) is 0. The van der Waals surface area contributed by atoms with Crippen LogP contribution in [0.4, 0.5) is 0 Å². The highest BCUT2D eigenvalue weighted by Crippen LogP contribution is 2.41. The molecule has 0 aromatic rings. The predicted octanol–water partition coefficient (Wildman–Crippen LogP) is 4.14. The zero-order valence-corrected chi connectivity index (χ0v) is 14.7. The van der Waals surface area contributed by atoms with Gasteiger partial charge in [-0.2, -0.15) is 0 Å². The molecular formula is C17H35NO2. The van der Waals surface area contributed by atoms with Crippen LogP contribution in [0.2, 0.25) is 0 Å². The lowest BCUT2D eigenvalue weighted by Crippen LogP contribution is -2.46. The minimum absolute atomic E-state index is 0.0506. The molecule has 3 nitrogen and oxygen atoms in total. The molecule has 0 rings (SSSR count). The highest BCUT2D eigenvalue weighted by Gasteiger charge is 2.43. The number of carbonyl (C=O) groups excluding carboxylic acids is 1. The van der Waals surface area contributed by atoms with Gasteiger partial charge >= 0.3 is 5.97 Å². The topological polar surface area (TPSA) is 52.3 Å². The van der Waals surface area contributed by atoms with Gasteiger partial charge in [-0.1, -0.05) is 48.5 Å². The molecule has 2 N–H and O–H groups in total. The molecule has 0 bridgehead atoms. The van der Waals surface area contributed by atoms with Gasteiger partial charge in [-0.3, -0.25) is 4.79 Å². The first kappa shape index (κ1) is 19.4. The summed E-state index contributed by atoms with van der Waals surface area (Å²) in [5.74, 6) is 0.230. The molecule has 0 fully saturated rings. The molecule has 0 radical (unpaired) electrons. The second-order valence-electron chi connectivity index (χ2n) is 7.98. The van der Waals surface area contributed by atoms with Crippen LogP contribution in [-0.2, 0) is 9.53 Å². The van der Waals surface area contributed by atoms with Gasteiger partial charge in [0.15, 0.2) is 0 Å². The number of hydrogen-bond donors (Lipinski definition) is 1. The van der Waals surface area contributed by atoms with Crippen molar-refractivity contribution >= 4 is 5.97 Å². The SMILES string of the molecule is CCC(C)(C)C(OC(=O)CC(C)C)C(C)(C)CC(C)N. The lowest BCUT2D eigenvalue weighted by atomic mass is 9.68. The Hall–Kier alpha value is -0.570. The van der Waals surface area contributed by atoms with E-state index in [1.165, 1.54) is 0 Å². The first-order valence-corrected chi connectivity index (χ1v) is 7.87. The number of ether oxygens (including phenoxy) is 1. The summed E-state index contributed by atoms with van der Waals surface area (Å²) < 4.78 is 5.89. The average Bonchev–Trinajstić information content (AvgIpc) is 2.22. The van der Waals surface area contributed by atoms with Crippen molar-refractivity contribution in [3.8, 4) is 0 Å². The molecule has 0 spiro atoms. The second kappa shape index (κ2) is 7.44. The molecule has 0 aliphatic carbocycles. The maximum absolute atomic E-state index is 12.1. The van der Waals surface area contributed by atoms with E-state index in [0.29, 0.717) is 12.3 Å². The van der Waals surface area contributed by atoms with Crippen molar-refractivity contribution in [2.75, 3.05) is 0 Å². The highest BCUT2D eigenvalue weighted by atomic mass is 16.5. The van der Waals surface area contributed by atoms with Gasteiger partial charge in [0, 0.05) is 23.3 Å². The normalized spacial score (nSPS) is 16.1. The first-order valence-electron chi connectivity index (χ1n) is 7.87. The summed E-state index contributed by atoms with van der Waals surface area (Å²) in [5, 5.41) is 0. The van der Waals surface area contributed by atoms with E-state index in [-0.39, 0.29) is 28.9 Å². The Morgan fingerprint density at radius 1 is 1.10 bits per heavy atom. The molecule has 2 atom stereocenters. The van der Waals surface area contributed by atoms with Crippen LogP contribution < -0.4 is 5.73 Å². The predicted molar refractivity (Wildman–Crippen MR) is 85.5 cm³/mol. The Balaban J connectivity index is 5.14. The second-order valence-corrected chi connectivity index (χ2v) is 7.98. The zero-order valence-electron chi connectivity index (χ0n) is 14.7. The molecule has 0 aliphatic heterocycles. The number of nitrogens with two attached hydrogens (primary N) is 1. The molecule has 0 saturated carbocycles. The van der Waals surface area contributed by atoms with E-state index in [4.69, 9.17) is 10.5 Å². The van der Waals surface area contributed by atoms with Crippen molar-refractivity contribution in [2.24, 2.45) is 22.5 Å². The Morgan fingerprint density at radius 2 is 1.60 bits per heavy atom. The Bertz CT molecular complexity index is 306. The van der Waals surface area contributed by atoms with Crippen molar-refractivity contribution in [3.63, 3.8) is 0 Å². The van der Waals surface area contributed by atoms with Crippen LogP contribution in [0.5, 0.6) is 0 Å². The van der Waals surface area contributed by atoms with E-state index in [0.717, 1.165) is 12.8 Å². The lowest BCUT2D eigenvalue weighted by molar-refractivity contribution is -0.168. The summed E-state index contributed by atoms with van der Waals surface area (Å²) in [6.07, 6.45) is 2.17. The van der Waals surface area contributed by atoms with E-state index in [1.54, 1.807) is 0 Å². The average molecular weight is 285 g/mol. The Labute approximate surface area is 125 Å². The quantitative estimate of drug-likeness (QED) is 0.682. The van der Waals surface area contributed by atoms with Crippen molar-refractivity contribution < 1.29 is 9.53 Å². The lowest BCUT2D eigenvalue weighted by Gasteiger charge is -2.44. The zero-order chi connectivity index (χ0) is 16.1. The van der Waals surface area contributed by atoms with Gasteiger partial charge in [-0.15, -0.1) is 0 Å². The van der Waals surface area contributed by atoms with Gasteiger partial charge in [0.05, 0.1) is 0 Å². The van der Waals surface area contributed by atoms with E-state index in [2.05, 4.69) is 34.6 Å². The van der Waals surface area contributed by atoms with Crippen LogP contribution in [0.1, 0.15) is 74.7 Å². The molecule has 120 valence electrons. The smallest absolute Gasteiger partial charge is 0.306 e. The third-order valence-corrected chi connectivity index (χ3v) is 4.00. The van der Waals surface area contributed by atoms with E-state index < -0.39 is 0 Å². The van der Waals surface area contributed by atoms with Crippen molar-refractivity contribution in [2.45, 2.75) is 86.8 Å². The molecule has 20 heavy (non-hydrogen) atoms. The molecule has 3 heteroatoms. The summed E-state index contributed by atoms with van der Waals surface area (Å²) in [4.78, 5) is 12.1. The fourth-order valence-corrected chi connectivity index (χ4v) is 3.01. The minimum Gasteiger partial charge on any atom is -0.461 e. The van der Waals surface area contributed by atoms with Crippen LogP contribution in [-0.4, -0.2) is 18.1 Å². The van der Waals surface area contributed by atoms with Gasteiger partial charge in [-0.25, -0.2) is 0 Å². The molecule has 0 heterocycles. The van der Waals surface area contributed by atoms with Gasteiger partial charge < -0.3 is 10.5 Å². The van der Waals surface area contributed by atoms with E-state index in [9.17, 15) is 4.79 Å². The van der Waals surface area contributed by atoms with Gasteiger partial charge in [-0.05, 0) is 25.7 Å². The molecule has 0 aromatic carbocycles. The summed E-state index contributed by atoms with van der Waals surface area (Å²) >= 11 is 0. The Morgan fingerprint density at radius 3 is 1.95 bits per heavy atom.